The van der Waals surface area contributed by atoms with Crippen molar-refractivity contribution in [2.45, 2.75) is 24.3 Å². The molecule has 0 aliphatic rings. The van der Waals surface area contributed by atoms with Gasteiger partial charge in [0.15, 0.2) is 0 Å². The normalized spacial score (nSPS) is 12.6. The topological polar surface area (TPSA) is 38.0 Å². The Bertz CT molecular complexity index is 510. The van der Waals surface area contributed by atoms with Crippen molar-refractivity contribution in [3.8, 4) is 0 Å². The molecule has 0 saturated carbocycles. The van der Waals surface area contributed by atoms with Crippen molar-refractivity contribution in [1.82, 2.24) is 5.43 Å². The third-order valence-corrected chi connectivity index (χ3v) is 5.60. The molecule has 0 fully saturated rings. The minimum absolute atomic E-state index is 0.289. The van der Waals surface area contributed by atoms with Crippen molar-refractivity contribution in [3.05, 3.63) is 50.6 Å². The molecular formula is C14H17BrN2S2. The zero-order valence-electron chi connectivity index (χ0n) is 10.7. The minimum atomic E-state index is 0.289. The summed E-state index contributed by atoms with van der Waals surface area (Å²) in [4.78, 5) is 2.64. The van der Waals surface area contributed by atoms with Gasteiger partial charge in [-0.3, -0.25) is 11.3 Å². The van der Waals surface area contributed by atoms with Gasteiger partial charge < -0.3 is 0 Å². The Morgan fingerprint density at radius 1 is 1.26 bits per heavy atom. The number of hydrogen-bond acceptors (Lipinski definition) is 4. The number of benzene rings is 1. The molecular weight excluding hydrogens is 340 g/mol. The standard InChI is InChI=1S/C14H17BrN2S2/c1-10-2-4-12(5-3-10)18-9-11(17-16)8-13-6-7-14(15)19-13/h2-7,11,17H,8-9,16H2,1H3. The van der Waals surface area contributed by atoms with Crippen LogP contribution in [-0.4, -0.2) is 11.8 Å². The molecule has 0 spiro atoms. The fourth-order valence-corrected chi connectivity index (χ4v) is 4.20. The summed E-state index contributed by atoms with van der Waals surface area (Å²) >= 11 is 7.09. The second-order valence-electron chi connectivity index (χ2n) is 4.40. The predicted molar refractivity (Wildman–Crippen MR) is 88.7 cm³/mol. The molecule has 3 N–H and O–H groups in total. The number of hydrazine groups is 1. The van der Waals surface area contributed by atoms with Gasteiger partial charge in [0.1, 0.15) is 0 Å². The summed E-state index contributed by atoms with van der Waals surface area (Å²) in [7, 11) is 0. The number of nitrogens with two attached hydrogens (primary N) is 1. The fraction of sp³-hybridized carbons (Fsp3) is 0.286. The summed E-state index contributed by atoms with van der Waals surface area (Å²) < 4.78 is 1.17. The number of halogens is 1. The number of rotatable bonds is 6. The largest absolute Gasteiger partial charge is 0.271 e. The average Bonchev–Trinajstić information content (AvgIpc) is 2.82. The molecule has 0 radical (unpaired) electrons. The van der Waals surface area contributed by atoms with E-state index >= 15 is 0 Å². The monoisotopic (exact) mass is 356 g/mol. The van der Waals surface area contributed by atoms with Crippen molar-refractivity contribution in [2.75, 3.05) is 5.75 Å². The molecule has 1 atom stereocenters. The van der Waals surface area contributed by atoms with E-state index in [9.17, 15) is 0 Å². The number of hydrogen-bond donors (Lipinski definition) is 2. The van der Waals surface area contributed by atoms with Gasteiger partial charge in [0, 0.05) is 21.6 Å². The Hall–Kier alpha value is -0.330. The van der Waals surface area contributed by atoms with Crippen molar-refractivity contribution in [2.24, 2.45) is 5.84 Å². The van der Waals surface area contributed by atoms with Gasteiger partial charge in [-0.2, -0.15) is 0 Å². The molecule has 19 heavy (non-hydrogen) atoms. The average molecular weight is 357 g/mol. The second kappa shape index (κ2) is 7.45. The Labute approximate surface area is 130 Å². The van der Waals surface area contributed by atoms with Gasteiger partial charge in [-0.25, -0.2) is 0 Å². The summed E-state index contributed by atoms with van der Waals surface area (Å²) in [5.74, 6) is 6.61. The molecule has 2 nitrogen and oxygen atoms in total. The first kappa shape index (κ1) is 15.1. The van der Waals surface area contributed by atoms with Crippen LogP contribution in [0.4, 0.5) is 0 Å². The molecule has 0 aliphatic carbocycles. The van der Waals surface area contributed by atoms with Crippen LogP contribution in [0.1, 0.15) is 10.4 Å². The molecule has 0 bridgehead atoms. The first-order valence-corrected chi connectivity index (χ1v) is 8.66. The number of aryl methyl sites for hydroxylation is 1. The highest BCUT2D eigenvalue weighted by Crippen LogP contribution is 2.25. The van der Waals surface area contributed by atoms with Crippen LogP contribution in [0, 0.1) is 6.92 Å². The number of thioether (sulfide) groups is 1. The summed E-state index contributed by atoms with van der Waals surface area (Å²) in [6.45, 7) is 2.10. The molecule has 2 aromatic rings. The predicted octanol–water partition coefficient (Wildman–Crippen LogP) is 3.99. The lowest BCUT2D eigenvalue weighted by Crippen LogP contribution is -2.38. The van der Waals surface area contributed by atoms with E-state index in [0.29, 0.717) is 0 Å². The van der Waals surface area contributed by atoms with E-state index in [1.54, 1.807) is 11.3 Å². The highest BCUT2D eigenvalue weighted by molar-refractivity contribution is 9.11. The van der Waals surface area contributed by atoms with E-state index in [0.717, 1.165) is 12.2 Å². The van der Waals surface area contributed by atoms with Crippen molar-refractivity contribution >= 4 is 39.0 Å². The van der Waals surface area contributed by atoms with Crippen LogP contribution in [0.15, 0.2) is 45.1 Å². The lowest BCUT2D eigenvalue weighted by molar-refractivity contribution is 0.579. The SMILES string of the molecule is Cc1ccc(SCC(Cc2ccc(Br)s2)NN)cc1. The zero-order chi connectivity index (χ0) is 13.7. The Kier molecular flexibility index (Phi) is 5.91. The lowest BCUT2D eigenvalue weighted by Gasteiger charge is -2.14. The first-order chi connectivity index (χ1) is 9.17. The Morgan fingerprint density at radius 3 is 2.58 bits per heavy atom. The molecule has 1 unspecified atom stereocenters. The summed E-state index contributed by atoms with van der Waals surface area (Å²) in [5.41, 5.74) is 4.20. The van der Waals surface area contributed by atoms with Gasteiger partial charge in [0.2, 0.25) is 0 Å². The van der Waals surface area contributed by atoms with Crippen LogP contribution < -0.4 is 11.3 Å². The summed E-state index contributed by atoms with van der Waals surface area (Å²) in [6.07, 6.45) is 0.964. The number of nitrogens with one attached hydrogen (secondary N) is 1. The van der Waals surface area contributed by atoms with E-state index in [2.05, 4.69) is 64.7 Å². The second-order valence-corrected chi connectivity index (χ2v) is 8.04. The molecule has 0 saturated heterocycles. The number of thiophene rings is 1. The molecule has 5 heteroatoms. The third kappa shape index (κ3) is 4.93. The summed E-state index contributed by atoms with van der Waals surface area (Å²) in [6, 6.07) is 13.1. The molecule has 102 valence electrons. The van der Waals surface area contributed by atoms with Crippen LogP contribution in [0.25, 0.3) is 0 Å². The van der Waals surface area contributed by atoms with Crippen molar-refractivity contribution in [3.63, 3.8) is 0 Å². The Balaban J connectivity index is 1.87. The van der Waals surface area contributed by atoms with Crippen LogP contribution in [-0.2, 0) is 6.42 Å². The van der Waals surface area contributed by atoms with Crippen LogP contribution in [0.2, 0.25) is 0 Å². The van der Waals surface area contributed by atoms with Crippen LogP contribution in [0.3, 0.4) is 0 Å². The highest BCUT2D eigenvalue weighted by atomic mass is 79.9. The molecule has 1 aromatic heterocycles. The van der Waals surface area contributed by atoms with Gasteiger partial charge in [0.05, 0.1) is 3.79 Å². The van der Waals surface area contributed by atoms with E-state index in [1.807, 2.05) is 11.8 Å². The summed E-state index contributed by atoms with van der Waals surface area (Å²) in [5, 5.41) is 0. The van der Waals surface area contributed by atoms with Crippen LogP contribution >= 0.6 is 39.0 Å². The van der Waals surface area contributed by atoms with Crippen molar-refractivity contribution in [1.29, 1.82) is 0 Å². The molecule has 1 heterocycles. The Morgan fingerprint density at radius 2 is 2.00 bits per heavy atom. The van der Waals surface area contributed by atoms with Gasteiger partial charge in [-0.1, -0.05) is 17.7 Å². The highest BCUT2D eigenvalue weighted by Gasteiger charge is 2.10. The zero-order valence-corrected chi connectivity index (χ0v) is 13.9. The maximum atomic E-state index is 5.65. The lowest BCUT2D eigenvalue weighted by atomic mass is 10.2. The maximum Gasteiger partial charge on any atom is 0.0701 e. The van der Waals surface area contributed by atoms with E-state index in [4.69, 9.17) is 5.84 Å². The molecule has 0 amide bonds. The van der Waals surface area contributed by atoms with E-state index < -0.39 is 0 Å². The van der Waals surface area contributed by atoms with E-state index in [-0.39, 0.29) is 6.04 Å². The smallest absolute Gasteiger partial charge is 0.0701 e. The first-order valence-electron chi connectivity index (χ1n) is 6.07. The van der Waals surface area contributed by atoms with Gasteiger partial charge in [0.25, 0.3) is 0 Å². The van der Waals surface area contributed by atoms with Gasteiger partial charge in [-0.05, 0) is 53.5 Å². The molecule has 1 aromatic carbocycles. The van der Waals surface area contributed by atoms with Crippen LogP contribution in [0.5, 0.6) is 0 Å². The van der Waals surface area contributed by atoms with E-state index in [1.165, 1.54) is 19.1 Å². The fourth-order valence-electron chi connectivity index (χ4n) is 1.70. The maximum absolute atomic E-state index is 5.65. The third-order valence-electron chi connectivity index (χ3n) is 2.78. The van der Waals surface area contributed by atoms with Gasteiger partial charge >= 0.3 is 0 Å². The minimum Gasteiger partial charge on any atom is -0.271 e. The molecule has 2 rings (SSSR count). The quantitative estimate of drug-likeness (QED) is 0.466. The van der Waals surface area contributed by atoms with Gasteiger partial charge in [-0.15, -0.1) is 23.1 Å². The molecule has 0 aliphatic heterocycles. The van der Waals surface area contributed by atoms with Crippen molar-refractivity contribution < 1.29 is 0 Å².